The number of unbranched alkanes of at least 4 members (excludes halogenated alkanes) is 1. The van der Waals surface area contributed by atoms with Crippen LogP contribution in [0.15, 0.2) is 91.0 Å². The van der Waals surface area contributed by atoms with Gasteiger partial charge in [-0.3, -0.25) is 24.0 Å². The zero-order chi connectivity index (χ0) is 53.3. The number of nitrogens with one attached hydrogen (secondary N) is 3. The topological polar surface area (TPSA) is 181 Å². The zero-order valence-corrected chi connectivity index (χ0v) is 45.0. The Hall–Kier alpha value is -6.05. The van der Waals surface area contributed by atoms with Crippen molar-refractivity contribution < 1.29 is 43.0 Å². The summed E-state index contributed by atoms with van der Waals surface area (Å²) < 4.78 is 10.9. The molecule has 0 radical (unpaired) electrons. The van der Waals surface area contributed by atoms with Crippen molar-refractivity contribution in [3.63, 3.8) is 0 Å². The van der Waals surface area contributed by atoms with E-state index < -0.39 is 53.2 Å². The van der Waals surface area contributed by atoms with Crippen molar-refractivity contribution in [1.29, 1.82) is 0 Å². The van der Waals surface area contributed by atoms with Crippen LogP contribution in [0.3, 0.4) is 0 Å². The Kier molecular flexibility index (Phi) is 21.2. The number of Topliss-reactive ketones (excluding diaryl/α,β-unsaturated/α-hetero) is 2. The lowest BCUT2D eigenvalue weighted by molar-refractivity contribution is -0.154. The predicted octanol–water partition coefficient (Wildman–Crippen LogP) is 9.07. The molecule has 14 nitrogen and oxygen atoms in total. The number of hydrogen-bond acceptors (Lipinski definition) is 9. The molecular weight excluding hydrogens is 923 g/mol. The number of rotatable bonds is 24. The Bertz CT molecular complexity index is 2280. The van der Waals surface area contributed by atoms with Crippen molar-refractivity contribution in [1.82, 2.24) is 25.8 Å². The third-order valence-corrected chi connectivity index (χ3v) is 13.7. The first-order valence-electron chi connectivity index (χ1n) is 26.5. The van der Waals surface area contributed by atoms with Crippen molar-refractivity contribution in [2.24, 2.45) is 29.1 Å². The SMILES string of the molecule is CC(C)C[C@@H](NC(=O)[C@H](CC(=O)[C@@H](Cc1ccccc1)NC(=O)OC(C)(C)C)Cc1ccccc1)C(=O)C[C@H](CCCCNC(=O)OC(C)(C)C)C(=O)N1CCC2(CC1)CN(C(=O)[C@H](C)Cc1ccccc1)C2. The van der Waals surface area contributed by atoms with E-state index in [-0.39, 0.29) is 66.3 Å². The molecule has 0 bridgehead atoms. The highest BCUT2D eigenvalue weighted by molar-refractivity contribution is 5.95. The Morgan fingerprint density at radius 3 is 1.60 bits per heavy atom. The number of amides is 5. The van der Waals surface area contributed by atoms with Crippen LogP contribution >= 0.6 is 0 Å². The smallest absolute Gasteiger partial charge is 0.408 e. The van der Waals surface area contributed by atoms with Crippen LogP contribution in [0.25, 0.3) is 0 Å². The lowest BCUT2D eigenvalue weighted by Gasteiger charge is -2.54. The van der Waals surface area contributed by atoms with Gasteiger partial charge in [0, 0.05) is 68.7 Å². The van der Waals surface area contributed by atoms with Gasteiger partial charge >= 0.3 is 12.2 Å². The summed E-state index contributed by atoms with van der Waals surface area (Å²) in [4.78, 5) is 101. The molecule has 1 spiro atoms. The van der Waals surface area contributed by atoms with E-state index in [1.807, 2.05) is 122 Å². The summed E-state index contributed by atoms with van der Waals surface area (Å²) in [6.45, 7) is 19.2. The van der Waals surface area contributed by atoms with Crippen LogP contribution < -0.4 is 16.0 Å². The average molecular weight is 1010 g/mol. The molecule has 73 heavy (non-hydrogen) atoms. The minimum atomic E-state index is -0.994. The normalized spacial score (nSPS) is 16.5. The van der Waals surface area contributed by atoms with Crippen LogP contribution in [0.1, 0.15) is 130 Å². The number of alkyl carbamates (subject to hydrolysis) is 2. The van der Waals surface area contributed by atoms with Crippen molar-refractivity contribution >= 4 is 41.5 Å². The summed E-state index contributed by atoms with van der Waals surface area (Å²) in [5.41, 5.74) is 1.29. The average Bonchev–Trinajstić information content (AvgIpc) is 3.31. The molecule has 2 heterocycles. The number of carbonyl (C=O) groups is 7. The highest BCUT2D eigenvalue weighted by atomic mass is 16.6. The van der Waals surface area contributed by atoms with E-state index in [4.69, 9.17) is 9.47 Å². The fourth-order valence-corrected chi connectivity index (χ4v) is 9.90. The van der Waals surface area contributed by atoms with Crippen LogP contribution in [0.5, 0.6) is 0 Å². The molecule has 0 saturated carbocycles. The van der Waals surface area contributed by atoms with Gasteiger partial charge in [0.2, 0.25) is 17.7 Å². The van der Waals surface area contributed by atoms with E-state index >= 15 is 0 Å². The maximum absolute atomic E-state index is 14.7. The Morgan fingerprint density at radius 2 is 1.07 bits per heavy atom. The molecular formula is C59H83N5O9. The molecule has 0 aliphatic carbocycles. The number of piperidine rings is 1. The summed E-state index contributed by atoms with van der Waals surface area (Å²) in [7, 11) is 0. The first-order chi connectivity index (χ1) is 34.5. The highest BCUT2D eigenvalue weighted by Gasteiger charge is 2.48. The molecule has 3 aromatic carbocycles. The molecule has 3 aromatic rings. The molecule has 2 saturated heterocycles. The number of carbonyl (C=O) groups excluding carboxylic acids is 7. The van der Waals surface area contributed by atoms with Crippen LogP contribution in [0, 0.1) is 29.1 Å². The minimum Gasteiger partial charge on any atom is -0.444 e. The highest BCUT2D eigenvalue weighted by Crippen LogP contribution is 2.42. The lowest BCUT2D eigenvalue weighted by Crippen LogP contribution is -2.63. The first-order valence-corrected chi connectivity index (χ1v) is 26.5. The summed E-state index contributed by atoms with van der Waals surface area (Å²) in [5.74, 6) is -2.75. The summed E-state index contributed by atoms with van der Waals surface area (Å²) in [5, 5.41) is 8.61. The molecule has 0 unspecified atom stereocenters. The Morgan fingerprint density at radius 1 is 0.575 bits per heavy atom. The van der Waals surface area contributed by atoms with Gasteiger partial charge in [-0.05, 0) is 116 Å². The van der Waals surface area contributed by atoms with Crippen molar-refractivity contribution in [3.05, 3.63) is 108 Å². The second-order valence-electron chi connectivity index (χ2n) is 23.0. The van der Waals surface area contributed by atoms with Crippen LogP contribution in [-0.2, 0) is 52.7 Å². The van der Waals surface area contributed by atoms with Crippen LogP contribution in [0.2, 0.25) is 0 Å². The fraction of sp³-hybridized carbons (Fsp3) is 0.576. The fourth-order valence-electron chi connectivity index (χ4n) is 9.90. The third kappa shape index (κ3) is 19.4. The molecule has 5 rings (SSSR count). The standard InChI is InChI=1S/C59H83N5O9/c1-41(2)33-48(61-52(67)47(35-44-23-15-11-16-24-44)38-51(66)49(36-45-25-17-12-18-26-45)62-56(71)73-58(7,8)9)50(65)37-46(27-19-20-30-60-55(70)72-57(4,5)6)54(69)63-31-28-59(29-32-63)39-64(40-59)53(68)42(3)34-43-21-13-10-14-22-43/h10-18,21-26,41-42,46-49H,19-20,27-40H2,1-9H3,(H,60,70)(H,61,67)(H,62,71)/t42-,46+,47+,48-,49-/m1/s1. The van der Waals surface area contributed by atoms with Gasteiger partial charge in [0.15, 0.2) is 11.6 Å². The number of ether oxygens (including phenoxy) is 2. The van der Waals surface area contributed by atoms with Crippen molar-refractivity contribution in [2.75, 3.05) is 32.7 Å². The predicted molar refractivity (Wildman–Crippen MR) is 283 cm³/mol. The number of ketones is 2. The maximum Gasteiger partial charge on any atom is 0.408 e. The van der Waals surface area contributed by atoms with E-state index in [0.29, 0.717) is 64.8 Å². The molecule has 5 amide bonds. The Balaban J connectivity index is 1.29. The second kappa shape index (κ2) is 26.8. The van der Waals surface area contributed by atoms with Gasteiger partial charge in [-0.2, -0.15) is 0 Å². The number of nitrogens with zero attached hydrogens (tertiary/aromatic N) is 2. The zero-order valence-electron chi connectivity index (χ0n) is 45.0. The Labute approximate surface area is 434 Å². The third-order valence-electron chi connectivity index (χ3n) is 13.7. The van der Waals surface area contributed by atoms with Crippen LogP contribution in [-0.4, -0.2) is 107 Å². The molecule has 14 heteroatoms. The summed E-state index contributed by atoms with van der Waals surface area (Å²) in [6.07, 6.45) is 2.83. The molecule has 398 valence electrons. The molecule has 5 atom stereocenters. The van der Waals surface area contributed by atoms with E-state index in [1.54, 1.807) is 41.5 Å². The summed E-state index contributed by atoms with van der Waals surface area (Å²) in [6, 6.07) is 26.8. The van der Waals surface area contributed by atoms with Gasteiger partial charge in [-0.15, -0.1) is 0 Å². The van der Waals surface area contributed by atoms with Gasteiger partial charge in [0.05, 0.1) is 12.1 Å². The van der Waals surface area contributed by atoms with Gasteiger partial charge in [0.25, 0.3) is 0 Å². The van der Waals surface area contributed by atoms with E-state index in [2.05, 4.69) is 16.0 Å². The number of likely N-dealkylation sites (tertiary alicyclic amines) is 2. The quantitative estimate of drug-likeness (QED) is 0.0738. The van der Waals surface area contributed by atoms with E-state index in [9.17, 15) is 33.6 Å². The largest absolute Gasteiger partial charge is 0.444 e. The van der Waals surface area contributed by atoms with Crippen LogP contribution in [0.4, 0.5) is 9.59 Å². The van der Waals surface area contributed by atoms with Gasteiger partial charge in [-0.25, -0.2) is 9.59 Å². The molecule has 0 aromatic heterocycles. The van der Waals surface area contributed by atoms with E-state index in [1.165, 1.54) is 0 Å². The monoisotopic (exact) mass is 1010 g/mol. The first kappa shape index (κ1) is 57.8. The summed E-state index contributed by atoms with van der Waals surface area (Å²) >= 11 is 0. The van der Waals surface area contributed by atoms with Gasteiger partial charge in [0.1, 0.15) is 11.2 Å². The van der Waals surface area contributed by atoms with Gasteiger partial charge < -0.3 is 35.2 Å². The van der Waals surface area contributed by atoms with Crippen molar-refractivity contribution in [3.8, 4) is 0 Å². The number of benzene rings is 3. The second-order valence-corrected chi connectivity index (χ2v) is 23.0. The number of hydrogen-bond donors (Lipinski definition) is 3. The molecule has 2 fully saturated rings. The van der Waals surface area contributed by atoms with Crippen molar-refractivity contribution in [2.45, 2.75) is 156 Å². The molecule has 3 N–H and O–H groups in total. The lowest BCUT2D eigenvalue weighted by atomic mass is 9.71. The maximum atomic E-state index is 14.7. The van der Waals surface area contributed by atoms with E-state index in [0.717, 1.165) is 29.5 Å². The molecule has 2 aliphatic heterocycles. The minimum absolute atomic E-state index is 0.00153. The van der Waals surface area contributed by atoms with Gasteiger partial charge in [-0.1, -0.05) is 118 Å². The molecule has 2 aliphatic rings.